The van der Waals surface area contributed by atoms with Gasteiger partial charge in [0.25, 0.3) is 6.43 Å². The highest BCUT2D eigenvalue weighted by atomic mass is 19.3. The molecule has 0 bridgehead atoms. The first kappa shape index (κ1) is 20.4. The third-order valence-corrected chi connectivity index (χ3v) is 3.99. The highest BCUT2D eigenvalue weighted by Crippen LogP contribution is 2.32. The third-order valence-electron chi connectivity index (χ3n) is 3.99. The summed E-state index contributed by atoms with van der Waals surface area (Å²) in [5.41, 5.74) is 0.549. The van der Waals surface area contributed by atoms with Crippen molar-refractivity contribution >= 4 is 11.7 Å². The molecule has 0 fully saturated rings. The van der Waals surface area contributed by atoms with E-state index in [2.05, 4.69) is 0 Å². The lowest BCUT2D eigenvalue weighted by Crippen LogP contribution is -2.49. The molecule has 0 unspecified atom stereocenters. The van der Waals surface area contributed by atoms with Crippen molar-refractivity contribution < 1.29 is 23.4 Å². The van der Waals surface area contributed by atoms with E-state index >= 15 is 0 Å². The number of hydrazine groups is 2. The number of aryl methyl sites for hydroxylation is 1. The summed E-state index contributed by atoms with van der Waals surface area (Å²) < 4.78 is 32.7. The van der Waals surface area contributed by atoms with E-state index in [1.807, 2.05) is 6.92 Å². The van der Waals surface area contributed by atoms with Gasteiger partial charge in [-0.05, 0) is 36.2 Å². The SMILES string of the molecule is CCc1cc(O)ccc1OCc1c(C(F)F)cccc1N(N)C(=O)N(C)N. The monoisotopic (exact) mass is 380 g/mol. The van der Waals surface area contributed by atoms with E-state index in [4.69, 9.17) is 16.4 Å². The second-order valence-electron chi connectivity index (χ2n) is 5.84. The largest absolute Gasteiger partial charge is 0.508 e. The summed E-state index contributed by atoms with van der Waals surface area (Å²) in [4.78, 5) is 12.0. The first-order valence-corrected chi connectivity index (χ1v) is 8.18. The number of ether oxygens (including phenoxy) is 1. The van der Waals surface area contributed by atoms with Crippen molar-refractivity contribution in [3.05, 3.63) is 53.1 Å². The van der Waals surface area contributed by atoms with Crippen molar-refractivity contribution in [2.45, 2.75) is 26.4 Å². The molecular weight excluding hydrogens is 358 g/mol. The van der Waals surface area contributed by atoms with Crippen molar-refractivity contribution in [1.29, 1.82) is 0 Å². The van der Waals surface area contributed by atoms with Crippen LogP contribution in [0.5, 0.6) is 11.5 Å². The predicted octanol–water partition coefficient (Wildman–Crippen LogP) is 3.08. The number of nitrogens with zero attached hydrogens (tertiary/aromatic N) is 2. The van der Waals surface area contributed by atoms with Crippen molar-refractivity contribution in [2.24, 2.45) is 11.7 Å². The molecule has 146 valence electrons. The van der Waals surface area contributed by atoms with Crippen LogP contribution in [-0.4, -0.2) is 23.2 Å². The molecule has 0 radical (unpaired) electrons. The van der Waals surface area contributed by atoms with Gasteiger partial charge >= 0.3 is 6.03 Å². The van der Waals surface area contributed by atoms with Crippen LogP contribution >= 0.6 is 0 Å². The Morgan fingerprint density at radius 3 is 2.56 bits per heavy atom. The molecule has 2 aromatic rings. The van der Waals surface area contributed by atoms with Gasteiger partial charge in [-0.1, -0.05) is 19.1 Å². The summed E-state index contributed by atoms with van der Waals surface area (Å²) in [6.07, 6.45) is -2.21. The number of halogens is 2. The van der Waals surface area contributed by atoms with Gasteiger partial charge in [0.1, 0.15) is 18.1 Å². The summed E-state index contributed by atoms with van der Waals surface area (Å²) in [5, 5.41) is 11.0. The fourth-order valence-electron chi connectivity index (χ4n) is 2.59. The zero-order valence-electron chi connectivity index (χ0n) is 15.0. The Labute approximate surface area is 155 Å². The van der Waals surface area contributed by atoms with Gasteiger partial charge in [-0.15, -0.1) is 0 Å². The lowest BCUT2D eigenvalue weighted by atomic mass is 10.1. The number of hydrogen-bond acceptors (Lipinski definition) is 5. The van der Waals surface area contributed by atoms with Gasteiger partial charge in [0.2, 0.25) is 0 Å². The van der Waals surface area contributed by atoms with Crippen molar-refractivity contribution in [3.63, 3.8) is 0 Å². The van der Waals surface area contributed by atoms with Gasteiger partial charge in [0, 0.05) is 18.2 Å². The van der Waals surface area contributed by atoms with Crippen LogP contribution in [-0.2, 0) is 13.0 Å². The van der Waals surface area contributed by atoms with Crippen LogP contribution in [0, 0.1) is 0 Å². The number of anilines is 1. The number of hydrogen-bond donors (Lipinski definition) is 3. The van der Waals surface area contributed by atoms with E-state index < -0.39 is 12.5 Å². The Morgan fingerprint density at radius 1 is 1.26 bits per heavy atom. The first-order valence-electron chi connectivity index (χ1n) is 8.18. The first-order chi connectivity index (χ1) is 12.8. The number of carbonyl (C=O) groups excluding carboxylic acids is 1. The molecule has 0 spiro atoms. The molecular formula is C18H22F2N4O3. The third kappa shape index (κ3) is 4.63. The van der Waals surface area contributed by atoms with Crippen molar-refractivity contribution in [3.8, 4) is 11.5 Å². The van der Waals surface area contributed by atoms with Crippen LogP contribution in [0.1, 0.15) is 30.0 Å². The van der Waals surface area contributed by atoms with Crippen LogP contribution in [0.15, 0.2) is 36.4 Å². The molecule has 27 heavy (non-hydrogen) atoms. The second kappa shape index (κ2) is 8.65. The summed E-state index contributed by atoms with van der Waals surface area (Å²) in [6, 6.07) is 7.81. The maximum absolute atomic E-state index is 13.5. The van der Waals surface area contributed by atoms with E-state index in [1.165, 1.54) is 37.4 Å². The molecule has 0 aliphatic heterocycles. The molecule has 9 heteroatoms. The zero-order valence-corrected chi connectivity index (χ0v) is 15.0. The number of urea groups is 1. The van der Waals surface area contributed by atoms with Gasteiger partial charge in [-0.3, -0.25) is 5.01 Å². The molecule has 0 atom stereocenters. The topological polar surface area (TPSA) is 105 Å². The van der Waals surface area contributed by atoms with Gasteiger partial charge in [-0.2, -0.15) is 0 Å². The van der Waals surface area contributed by atoms with E-state index in [9.17, 15) is 18.7 Å². The fourth-order valence-corrected chi connectivity index (χ4v) is 2.59. The quantitative estimate of drug-likeness (QED) is 0.406. The highest BCUT2D eigenvalue weighted by molar-refractivity contribution is 5.91. The molecule has 5 N–H and O–H groups in total. The van der Waals surface area contributed by atoms with Crippen molar-refractivity contribution in [1.82, 2.24) is 5.01 Å². The van der Waals surface area contributed by atoms with Gasteiger partial charge in [0.15, 0.2) is 0 Å². The standard InChI is InChI=1S/C18H22F2N4O3/c1-3-11-9-12(25)7-8-16(11)27-10-14-13(17(19)20)5-4-6-15(14)24(22)18(26)23(2)21/h4-9,17,25H,3,10,21-22H2,1-2H3. The normalized spacial score (nSPS) is 10.8. The van der Waals surface area contributed by atoms with E-state index in [0.29, 0.717) is 22.7 Å². The lowest BCUT2D eigenvalue weighted by Gasteiger charge is -2.24. The van der Waals surface area contributed by atoms with Gasteiger partial charge < -0.3 is 9.84 Å². The minimum Gasteiger partial charge on any atom is -0.508 e. The van der Waals surface area contributed by atoms with Crippen LogP contribution in [0.3, 0.4) is 0 Å². The molecule has 0 saturated carbocycles. The Morgan fingerprint density at radius 2 is 1.96 bits per heavy atom. The summed E-state index contributed by atoms with van der Waals surface area (Å²) in [5.74, 6) is 11.7. The Bertz CT molecular complexity index is 815. The lowest BCUT2D eigenvalue weighted by molar-refractivity contribution is 0.148. The van der Waals surface area contributed by atoms with Crippen LogP contribution in [0.2, 0.25) is 0 Å². The smallest absolute Gasteiger partial charge is 0.352 e. The number of phenolic OH excluding ortho intramolecular Hbond substituents is 1. The molecule has 2 amide bonds. The maximum atomic E-state index is 13.5. The zero-order chi connectivity index (χ0) is 20.1. The van der Waals surface area contributed by atoms with E-state index in [-0.39, 0.29) is 29.2 Å². The minimum atomic E-state index is -2.78. The van der Waals surface area contributed by atoms with Crippen LogP contribution < -0.4 is 21.4 Å². The molecule has 0 saturated heterocycles. The maximum Gasteiger partial charge on any atom is 0.352 e. The number of rotatable bonds is 6. The molecule has 2 rings (SSSR count). The molecule has 2 aromatic carbocycles. The number of amides is 2. The molecule has 0 aliphatic rings. The van der Waals surface area contributed by atoms with E-state index in [1.54, 1.807) is 6.07 Å². The average molecular weight is 380 g/mol. The fraction of sp³-hybridized carbons (Fsp3) is 0.278. The predicted molar refractivity (Wildman–Crippen MR) is 97.2 cm³/mol. The summed E-state index contributed by atoms with van der Waals surface area (Å²) >= 11 is 0. The number of benzene rings is 2. The summed E-state index contributed by atoms with van der Waals surface area (Å²) in [7, 11) is 1.29. The van der Waals surface area contributed by atoms with Crippen LogP contribution in [0.25, 0.3) is 0 Å². The number of phenols is 1. The average Bonchev–Trinajstić information content (AvgIpc) is 2.65. The molecule has 0 aromatic heterocycles. The Hall–Kier alpha value is -2.91. The van der Waals surface area contributed by atoms with Crippen LogP contribution in [0.4, 0.5) is 19.3 Å². The Balaban J connectivity index is 2.41. The number of aromatic hydroxyl groups is 1. The van der Waals surface area contributed by atoms with Crippen molar-refractivity contribution in [2.75, 3.05) is 12.1 Å². The second-order valence-corrected chi connectivity index (χ2v) is 5.84. The van der Waals surface area contributed by atoms with Gasteiger partial charge in [-0.25, -0.2) is 30.3 Å². The molecule has 7 nitrogen and oxygen atoms in total. The molecule has 0 heterocycles. The Kier molecular flexibility index (Phi) is 6.54. The molecule has 0 aliphatic carbocycles. The van der Waals surface area contributed by atoms with E-state index in [0.717, 1.165) is 5.01 Å². The summed E-state index contributed by atoms with van der Waals surface area (Å²) in [6.45, 7) is 1.63. The number of carbonyl (C=O) groups is 1. The minimum absolute atomic E-state index is 0.0620. The number of alkyl halides is 2. The van der Waals surface area contributed by atoms with Gasteiger partial charge in [0.05, 0.1) is 5.69 Å². The highest BCUT2D eigenvalue weighted by Gasteiger charge is 2.23. The number of nitrogens with two attached hydrogens (primary N) is 2.